The van der Waals surface area contributed by atoms with Crippen LogP contribution in [-0.2, 0) is 9.59 Å². The molecule has 22 heavy (non-hydrogen) atoms. The molecule has 0 unspecified atom stereocenters. The second-order valence-corrected chi connectivity index (χ2v) is 6.16. The number of hydrogen-bond donors (Lipinski definition) is 2. The van der Waals surface area contributed by atoms with Crippen LogP contribution in [0.4, 0.5) is 0 Å². The normalized spacial score (nSPS) is 17.9. The van der Waals surface area contributed by atoms with Crippen LogP contribution in [0.15, 0.2) is 30.3 Å². The highest BCUT2D eigenvalue weighted by Gasteiger charge is 2.36. The molecular weight excluding hydrogens is 282 g/mol. The quantitative estimate of drug-likeness (QED) is 0.784. The SMILES string of the molecule is O=C([O-])CC1(CC(=O)NC[C@@H](O)c2ccccc2)CCCC1. The molecule has 0 heterocycles. The second kappa shape index (κ2) is 7.40. The molecule has 0 radical (unpaired) electrons. The van der Waals surface area contributed by atoms with Gasteiger partial charge in [0.15, 0.2) is 0 Å². The predicted molar refractivity (Wildman–Crippen MR) is 79.6 cm³/mol. The van der Waals surface area contributed by atoms with Gasteiger partial charge in [0, 0.05) is 18.9 Å². The van der Waals surface area contributed by atoms with E-state index in [1.807, 2.05) is 18.2 Å². The van der Waals surface area contributed by atoms with Gasteiger partial charge in [0.25, 0.3) is 0 Å². The molecule has 2 rings (SSSR count). The average Bonchev–Trinajstić information content (AvgIpc) is 2.92. The molecule has 1 aliphatic carbocycles. The maximum atomic E-state index is 12.1. The summed E-state index contributed by atoms with van der Waals surface area (Å²) in [5.74, 6) is -1.31. The Hall–Kier alpha value is -1.88. The fourth-order valence-corrected chi connectivity index (χ4v) is 3.25. The maximum absolute atomic E-state index is 12.1. The zero-order valence-electron chi connectivity index (χ0n) is 12.6. The number of aliphatic hydroxyl groups excluding tert-OH is 1. The maximum Gasteiger partial charge on any atom is 0.220 e. The van der Waals surface area contributed by atoms with Gasteiger partial charge in [-0.25, -0.2) is 0 Å². The van der Waals surface area contributed by atoms with Crippen LogP contribution in [0.1, 0.15) is 50.2 Å². The van der Waals surface area contributed by atoms with Gasteiger partial charge >= 0.3 is 0 Å². The van der Waals surface area contributed by atoms with E-state index in [4.69, 9.17) is 0 Å². The standard InChI is InChI=1S/C17H23NO4/c19-14(13-6-2-1-3-7-13)12-18-15(20)10-17(11-16(21)22)8-4-5-9-17/h1-3,6-7,14,19H,4-5,8-12H2,(H,18,20)(H,21,22)/p-1/t14-/m1/s1. The highest BCUT2D eigenvalue weighted by atomic mass is 16.4. The van der Waals surface area contributed by atoms with Gasteiger partial charge in [-0.1, -0.05) is 43.2 Å². The van der Waals surface area contributed by atoms with Gasteiger partial charge in [-0.3, -0.25) is 4.79 Å². The number of carboxylic acids is 1. The summed E-state index contributed by atoms with van der Waals surface area (Å²) in [6, 6.07) is 9.11. The first-order chi connectivity index (χ1) is 10.5. The van der Waals surface area contributed by atoms with Crippen molar-refractivity contribution in [1.29, 1.82) is 0 Å². The molecule has 0 saturated heterocycles. The lowest BCUT2D eigenvalue weighted by Crippen LogP contribution is -2.36. The minimum atomic E-state index is -1.10. The lowest BCUT2D eigenvalue weighted by Gasteiger charge is -2.29. The predicted octanol–water partition coefficient (Wildman–Crippen LogP) is 0.927. The first-order valence-electron chi connectivity index (χ1n) is 7.70. The van der Waals surface area contributed by atoms with Crippen molar-refractivity contribution >= 4 is 11.9 Å². The van der Waals surface area contributed by atoms with Crippen molar-refractivity contribution in [2.45, 2.75) is 44.6 Å². The van der Waals surface area contributed by atoms with E-state index < -0.39 is 17.5 Å². The Morgan fingerprint density at radius 1 is 1.18 bits per heavy atom. The third-order valence-corrected chi connectivity index (χ3v) is 4.40. The van der Waals surface area contributed by atoms with Crippen molar-refractivity contribution in [1.82, 2.24) is 5.32 Å². The van der Waals surface area contributed by atoms with Crippen molar-refractivity contribution in [2.75, 3.05) is 6.54 Å². The number of rotatable bonds is 7. The zero-order chi connectivity index (χ0) is 16.0. The molecule has 1 aromatic rings. The van der Waals surface area contributed by atoms with Crippen LogP contribution >= 0.6 is 0 Å². The Kier molecular flexibility index (Phi) is 5.55. The van der Waals surface area contributed by atoms with Crippen LogP contribution in [0.5, 0.6) is 0 Å². The third kappa shape index (κ3) is 4.56. The Morgan fingerprint density at radius 2 is 1.82 bits per heavy atom. The van der Waals surface area contributed by atoms with E-state index in [2.05, 4.69) is 5.32 Å². The molecule has 1 atom stereocenters. The molecule has 2 N–H and O–H groups in total. The molecule has 0 bridgehead atoms. The number of aliphatic hydroxyl groups is 1. The average molecular weight is 304 g/mol. The number of carbonyl (C=O) groups excluding carboxylic acids is 2. The summed E-state index contributed by atoms with van der Waals surface area (Å²) in [4.78, 5) is 23.0. The summed E-state index contributed by atoms with van der Waals surface area (Å²) in [5, 5.41) is 23.6. The van der Waals surface area contributed by atoms with Gasteiger partial charge in [0.1, 0.15) is 0 Å². The minimum Gasteiger partial charge on any atom is -0.550 e. The lowest BCUT2D eigenvalue weighted by molar-refractivity contribution is -0.308. The molecule has 5 heteroatoms. The van der Waals surface area contributed by atoms with Crippen molar-refractivity contribution in [3.63, 3.8) is 0 Å². The van der Waals surface area contributed by atoms with E-state index in [1.165, 1.54) is 0 Å². The summed E-state index contributed by atoms with van der Waals surface area (Å²) in [7, 11) is 0. The minimum absolute atomic E-state index is 0.0678. The van der Waals surface area contributed by atoms with E-state index in [1.54, 1.807) is 12.1 Å². The second-order valence-electron chi connectivity index (χ2n) is 6.16. The Balaban J connectivity index is 1.85. The lowest BCUT2D eigenvalue weighted by atomic mass is 9.79. The van der Waals surface area contributed by atoms with Crippen molar-refractivity contribution < 1.29 is 19.8 Å². The molecule has 1 saturated carbocycles. The Morgan fingerprint density at radius 3 is 2.41 bits per heavy atom. The number of benzene rings is 1. The number of hydrogen-bond acceptors (Lipinski definition) is 4. The molecule has 0 aliphatic heterocycles. The molecule has 1 fully saturated rings. The van der Waals surface area contributed by atoms with Crippen LogP contribution < -0.4 is 10.4 Å². The highest BCUT2D eigenvalue weighted by Crippen LogP contribution is 2.43. The number of carboxylic acid groups (broad SMARTS) is 1. The summed E-state index contributed by atoms with van der Waals surface area (Å²) in [6.45, 7) is 0.129. The largest absolute Gasteiger partial charge is 0.550 e. The third-order valence-electron chi connectivity index (χ3n) is 4.40. The monoisotopic (exact) mass is 304 g/mol. The van der Waals surface area contributed by atoms with Gasteiger partial charge < -0.3 is 20.3 Å². The van der Waals surface area contributed by atoms with Crippen LogP contribution in [0.2, 0.25) is 0 Å². The van der Waals surface area contributed by atoms with E-state index in [0.29, 0.717) is 0 Å². The summed E-state index contributed by atoms with van der Waals surface area (Å²) >= 11 is 0. The molecular formula is C17H22NO4-. The van der Waals surface area contributed by atoms with Gasteiger partial charge in [0.2, 0.25) is 5.91 Å². The molecule has 1 amide bonds. The van der Waals surface area contributed by atoms with Crippen LogP contribution in [0.3, 0.4) is 0 Å². The molecule has 0 spiro atoms. The van der Waals surface area contributed by atoms with Gasteiger partial charge in [0.05, 0.1) is 6.10 Å². The highest BCUT2D eigenvalue weighted by molar-refractivity contribution is 5.78. The van der Waals surface area contributed by atoms with Crippen molar-refractivity contribution in [3.8, 4) is 0 Å². The smallest absolute Gasteiger partial charge is 0.220 e. The van der Waals surface area contributed by atoms with E-state index in [9.17, 15) is 19.8 Å². The van der Waals surface area contributed by atoms with E-state index in [-0.39, 0.29) is 25.3 Å². The topological polar surface area (TPSA) is 89.5 Å². The number of carbonyl (C=O) groups is 2. The fourth-order valence-electron chi connectivity index (χ4n) is 3.25. The number of amides is 1. The van der Waals surface area contributed by atoms with Gasteiger partial charge in [-0.15, -0.1) is 0 Å². The van der Waals surface area contributed by atoms with Crippen LogP contribution in [0, 0.1) is 5.41 Å². The van der Waals surface area contributed by atoms with Crippen LogP contribution in [-0.4, -0.2) is 23.5 Å². The number of nitrogens with one attached hydrogen (secondary N) is 1. The van der Waals surface area contributed by atoms with Gasteiger partial charge in [-0.05, 0) is 30.2 Å². The van der Waals surface area contributed by atoms with Crippen molar-refractivity contribution in [3.05, 3.63) is 35.9 Å². The fraction of sp³-hybridized carbons (Fsp3) is 0.529. The molecule has 120 valence electrons. The van der Waals surface area contributed by atoms with Crippen LogP contribution in [0.25, 0.3) is 0 Å². The van der Waals surface area contributed by atoms with Crippen molar-refractivity contribution in [2.24, 2.45) is 5.41 Å². The molecule has 1 aromatic carbocycles. The molecule has 1 aliphatic rings. The Labute approximate surface area is 130 Å². The van der Waals surface area contributed by atoms with E-state index >= 15 is 0 Å². The zero-order valence-corrected chi connectivity index (χ0v) is 12.6. The number of aliphatic carboxylic acids is 1. The molecule has 0 aromatic heterocycles. The van der Waals surface area contributed by atoms with Gasteiger partial charge in [-0.2, -0.15) is 0 Å². The first kappa shape index (κ1) is 16.5. The summed E-state index contributed by atoms with van der Waals surface area (Å²) in [6.07, 6.45) is 2.75. The molecule has 5 nitrogen and oxygen atoms in total. The summed E-state index contributed by atoms with van der Waals surface area (Å²) < 4.78 is 0. The Bertz CT molecular complexity index is 509. The summed E-state index contributed by atoms with van der Waals surface area (Å²) in [5.41, 5.74) is 0.272. The first-order valence-corrected chi connectivity index (χ1v) is 7.70. The van der Waals surface area contributed by atoms with E-state index in [0.717, 1.165) is 31.2 Å².